The normalized spacial score (nSPS) is 11.2. The summed E-state index contributed by atoms with van der Waals surface area (Å²) in [4.78, 5) is 12.4. The molecule has 0 spiro atoms. The number of sulfonamides is 1. The molecular formula is C21H24N4O5S2. The van der Waals surface area contributed by atoms with Crippen LogP contribution in [0, 0.1) is 6.92 Å². The SMILES string of the molecule is COc1ccc(CCCNS(=O)(=O)c2nnc(NC(=O)c3ccccc3C)s2)cc1OC. The summed E-state index contributed by atoms with van der Waals surface area (Å²) in [7, 11) is -0.693. The van der Waals surface area contributed by atoms with Gasteiger partial charge in [0, 0.05) is 12.1 Å². The lowest BCUT2D eigenvalue weighted by Crippen LogP contribution is -2.25. The molecule has 0 saturated heterocycles. The maximum Gasteiger partial charge on any atom is 0.269 e. The Balaban J connectivity index is 1.54. The van der Waals surface area contributed by atoms with Crippen molar-refractivity contribution < 1.29 is 22.7 Å². The zero-order chi connectivity index (χ0) is 23.1. The monoisotopic (exact) mass is 476 g/mol. The van der Waals surface area contributed by atoms with Crippen LogP contribution in [0.4, 0.5) is 5.13 Å². The van der Waals surface area contributed by atoms with Gasteiger partial charge < -0.3 is 9.47 Å². The first-order valence-corrected chi connectivity index (χ1v) is 12.0. The van der Waals surface area contributed by atoms with Crippen LogP contribution in [0.3, 0.4) is 0 Å². The second-order valence-corrected chi connectivity index (χ2v) is 9.75. The van der Waals surface area contributed by atoms with E-state index in [0.717, 1.165) is 22.5 Å². The minimum Gasteiger partial charge on any atom is -0.493 e. The first kappa shape index (κ1) is 23.6. The van der Waals surface area contributed by atoms with E-state index in [1.54, 1.807) is 26.4 Å². The highest BCUT2D eigenvalue weighted by Gasteiger charge is 2.21. The molecule has 32 heavy (non-hydrogen) atoms. The quantitative estimate of drug-likeness (QED) is 0.341. The van der Waals surface area contributed by atoms with Crippen LogP contribution in [0.5, 0.6) is 11.5 Å². The number of rotatable bonds is 10. The van der Waals surface area contributed by atoms with Gasteiger partial charge in [-0.05, 0) is 49.1 Å². The van der Waals surface area contributed by atoms with Gasteiger partial charge in [0.05, 0.1) is 14.2 Å². The number of benzene rings is 2. The zero-order valence-corrected chi connectivity index (χ0v) is 19.5. The Morgan fingerprint density at radius 1 is 1.06 bits per heavy atom. The lowest BCUT2D eigenvalue weighted by Gasteiger charge is -2.09. The molecule has 0 aliphatic rings. The van der Waals surface area contributed by atoms with Crippen LogP contribution < -0.4 is 19.5 Å². The number of aryl methyl sites for hydroxylation is 2. The predicted octanol–water partition coefficient (Wildman–Crippen LogP) is 3.03. The van der Waals surface area contributed by atoms with Crippen molar-refractivity contribution in [1.82, 2.24) is 14.9 Å². The second-order valence-electron chi connectivity index (χ2n) is 6.83. The molecule has 0 aliphatic heterocycles. The molecule has 11 heteroatoms. The average Bonchev–Trinajstić information content (AvgIpc) is 3.26. The number of amides is 1. The van der Waals surface area contributed by atoms with Crippen LogP contribution in [-0.4, -0.2) is 45.3 Å². The topological polar surface area (TPSA) is 120 Å². The van der Waals surface area contributed by atoms with E-state index in [4.69, 9.17) is 9.47 Å². The first-order valence-electron chi connectivity index (χ1n) is 9.75. The third kappa shape index (κ3) is 5.81. The summed E-state index contributed by atoms with van der Waals surface area (Å²) in [6.07, 6.45) is 1.22. The molecule has 0 fully saturated rings. The molecule has 9 nitrogen and oxygen atoms in total. The molecule has 0 unspecified atom stereocenters. The first-order chi connectivity index (χ1) is 15.3. The maximum atomic E-state index is 12.5. The predicted molar refractivity (Wildman–Crippen MR) is 122 cm³/mol. The maximum absolute atomic E-state index is 12.5. The van der Waals surface area contributed by atoms with Crippen molar-refractivity contribution in [2.75, 3.05) is 26.1 Å². The van der Waals surface area contributed by atoms with E-state index in [1.165, 1.54) is 0 Å². The van der Waals surface area contributed by atoms with Gasteiger partial charge in [0.1, 0.15) is 0 Å². The Kier molecular flexibility index (Phi) is 7.78. The fourth-order valence-electron chi connectivity index (χ4n) is 2.96. The van der Waals surface area contributed by atoms with E-state index >= 15 is 0 Å². The molecule has 0 saturated carbocycles. The fourth-order valence-corrected chi connectivity index (χ4v) is 4.97. The van der Waals surface area contributed by atoms with Gasteiger partial charge in [0.15, 0.2) is 11.5 Å². The molecule has 1 heterocycles. The minimum absolute atomic E-state index is 0.115. The lowest BCUT2D eigenvalue weighted by atomic mass is 10.1. The van der Waals surface area contributed by atoms with Crippen LogP contribution in [0.25, 0.3) is 0 Å². The van der Waals surface area contributed by atoms with Gasteiger partial charge >= 0.3 is 0 Å². The number of aromatic nitrogens is 2. The molecular weight excluding hydrogens is 452 g/mol. The molecule has 0 bridgehead atoms. The van der Waals surface area contributed by atoms with Gasteiger partial charge in [0.25, 0.3) is 15.9 Å². The van der Waals surface area contributed by atoms with Crippen molar-refractivity contribution in [3.8, 4) is 11.5 Å². The Labute approximate surface area is 190 Å². The van der Waals surface area contributed by atoms with Gasteiger partial charge in [0.2, 0.25) is 9.47 Å². The summed E-state index contributed by atoms with van der Waals surface area (Å²) in [5.41, 5.74) is 2.29. The number of carbonyl (C=O) groups is 1. The largest absolute Gasteiger partial charge is 0.493 e. The van der Waals surface area contributed by atoms with Gasteiger partial charge in [-0.1, -0.05) is 35.6 Å². The highest BCUT2D eigenvalue weighted by molar-refractivity contribution is 7.91. The summed E-state index contributed by atoms with van der Waals surface area (Å²) in [5.74, 6) is 0.893. The van der Waals surface area contributed by atoms with E-state index < -0.39 is 10.0 Å². The van der Waals surface area contributed by atoms with Crippen molar-refractivity contribution in [2.24, 2.45) is 0 Å². The van der Waals surface area contributed by atoms with Crippen molar-refractivity contribution in [3.05, 3.63) is 59.2 Å². The van der Waals surface area contributed by atoms with E-state index in [9.17, 15) is 13.2 Å². The highest BCUT2D eigenvalue weighted by atomic mass is 32.2. The van der Waals surface area contributed by atoms with Gasteiger partial charge in [-0.2, -0.15) is 0 Å². The molecule has 3 aromatic rings. The van der Waals surface area contributed by atoms with Gasteiger partial charge in [-0.25, -0.2) is 13.1 Å². The van der Waals surface area contributed by atoms with Crippen LogP contribution >= 0.6 is 11.3 Å². The van der Waals surface area contributed by atoms with Crippen molar-refractivity contribution in [3.63, 3.8) is 0 Å². The number of hydrogen-bond donors (Lipinski definition) is 2. The summed E-state index contributed by atoms with van der Waals surface area (Å²) >= 11 is 0.797. The fraction of sp³-hybridized carbons (Fsp3) is 0.286. The molecule has 3 rings (SSSR count). The Morgan fingerprint density at radius 2 is 1.81 bits per heavy atom. The van der Waals surface area contributed by atoms with E-state index in [-0.39, 0.29) is 21.9 Å². The number of hydrogen-bond acceptors (Lipinski definition) is 8. The standard InChI is InChI=1S/C21H24N4O5S2/c1-14-7-4-5-9-16(14)19(26)23-20-24-25-21(31-20)32(27,28)22-12-6-8-15-10-11-17(29-2)18(13-15)30-3/h4-5,7,9-11,13,22H,6,8,12H2,1-3H3,(H,23,24,26). The van der Waals surface area contributed by atoms with Crippen LogP contribution in [0.2, 0.25) is 0 Å². The molecule has 1 amide bonds. The third-order valence-corrected chi connectivity index (χ3v) is 7.30. The summed E-state index contributed by atoms with van der Waals surface area (Å²) < 4.78 is 37.8. The summed E-state index contributed by atoms with van der Waals surface area (Å²) in [6, 6.07) is 12.7. The number of methoxy groups -OCH3 is 2. The van der Waals surface area contributed by atoms with Gasteiger partial charge in [-0.3, -0.25) is 10.1 Å². The second kappa shape index (κ2) is 10.5. The van der Waals surface area contributed by atoms with Crippen molar-refractivity contribution in [1.29, 1.82) is 0 Å². The number of anilines is 1. The molecule has 2 N–H and O–H groups in total. The number of ether oxygens (including phenoxy) is 2. The number of nitrogens with zero attached hydrogens (tertiary/aromatic N) is 2. The van der Waals surface area contributed by atoms with Crippen molar-refractivity contribution >= 4 is 32.4 Å². The smallest absolute Gasteiger partial charge is 0.269 e. The molecule has 170 valence electrons. The number of carbonyl (C=O) groups excluding carboxylic acids is 1. The van der Waals surface area contributed by atoms with E-state index in [1.807, 2.05) is 37.3 Å². The summed E-state index contributed by atoms with van der Waals surface area (Å²) in [5, 5.41) is 10.2. The molecule has 0 aliphatic carbocycles. The molecule has 2 aromatic carbocycles. The Hall–Kier alpha value is -3.02. The van der Waals surface area contributed by atoms with Crippen LogP contribution in [-0.2, 0) is 16.4 Å². The molecule has 0 atom stereocenters. The van der Waals surface area contributed by atoms with E-state index in [0.29, 0.717) is 29.9 Å². The minimum atomic E-state index is -3.83. The average molecular weight is 477 g/mol. The highest BCUT2D eigenvalue weighted by Crippen LogP contribution is 2.28. The van der Waals surface area contributed by atoms with Crippen LogP contribution in [0.15, 0.2) is 46.8 Å². The van der Waals surface area contributed by atoms with E-state index in [2.05, 4.69) is 20.2 Å². The van der Waals surface area contributed by atoms with Crippen molar-refractivity contribution in [2.45, 2.75) is 24.1 Å². The Bertz CT molecular complexity index is 1190. The molecule has 0 radical (unpaired) electrons. The number of nitrogens with one attached hydrogen (secondary N) is 2. The third-order valence-electron chi connectivity index (χ3n) is 4.63. The lowest BCUT2D eigenvalue weighted by molar-refractivity contribution is 0.102. The molecule has 1 aromatic heterocycles. The Morgan fingerprint density at radius 3 is 2.53 bits per heavy atom. The van der Waals surface area contributed by atoms with Crippen LogP contribution in [0.1, 0.15) is 27.9 Å². The summed E-state index contributed by atoms with van der Waals surface area (Å²) in [6.45, 7) is 2.04. The zero-order valence-electron chi connectivity index (χ0n) is 17.9. The van der Waals surface area contributed by atoms with Gasteiger partial charge in [-0.15, -0.1) is 10.2 Å².